The fourth-order valence-corrected chi connectivity index (χ4v) is 5.16. The minimum atomic E-state index is -1.17. The molecule has 0 bridgehead atoms. The van der Waals surface area contributed by atoms with Crippen molar-refractivity contribution in [3.8, 4) is 23.0 Å². The van der Waals surface area contributed by atoms with Gasteiger partial charge in [-0.2, -0.15) is 0 Å². The maximum atomic E-state index is 14.3. The van der Waals surface area contributed by atoms with Gasteiger partial charge in [-0.1, -0.05) is 23.4 Å². The molecule has 4 aromatic rings. The van der Waals surface area contributed by atoms with Gasteiger partial charge in [-0.3, -0.25) is 14.5 Å². The number of carbonyl (C=O) groups excluding carboxylic acids is 2. The van der Waals surface area contributed by atoms with Gasteiger partial charge >= 0.3 is 0 Å². The van der Waals surface area contributed by atoms with E-state index in [1.165, 1.54) is 29.9 Å². The van der Waals surface area contributed by atoms with Crippen LogP contribution < -0.4 is 24.4 Å². The van der Waals surface area contributed by atoms with Gasteiger partial charge in [-0.15, -0.1) is 5.10 Å². The number of nitrogens with zero attached hydrogens (tertiary/aromatic N) is 4. The van der Waals surface area contributed by atoms with Crippen molar-refractivity contribution >= 4 is 28.5 Å². The highest BCUT2D eigenvalue weighted by atomic mass is 16.5. The van der Waals surface area contributed by atoms with Crippen LogP contribution in [-0.4, -0.2) is 72.0 Å². The molecule has 0 radical (unpaired) electrons. The summed E-state index contributed by atoms with van der Waals surface area (Å²) in [6, 6.07) is 15.8. The van der Waals surface area contributed by atoms with Crippen LogP contribution in [0.5, 0.6) is 23.0 Å². The smallest absolute Gasteiger partial charge is 0.249 e. The predicted molar refractivity (Wildman–Crippen MR) is 159 cm³/mol. The molecular formula is C31H35N5O7. The molecule has 5 rings (SSSR count). The SMILES string of the molecule is CCOc1cc([C@@H](C(=O)NC[C@@H]2CCCO2)N(C(=O)Cn2nnc3ccccc32)c2ccc(OC)c(OC)c2)ccc1O. The number of phenolic OH excluding ortho intramolecular Hbond substituents is 1. The maximum Gasteiger partial charge on any atom is 0.249 e. The molecule has 0 unspecified atom stereocenters. The molecule has 2 N–H and O–H groups in total. The number of aromatic hydroxyl groups is 1. The number of phenols is 1. The first kappa shape index (κ1) is 29.6. The van der Waals surface area contributed by atoms with Crippen molar-refractivity contribution < 1.29 is 33.6 Å². The number of rotatable bonds is 12. The lowest BCUT2D eigenvalue weighted by Gasteiger charge is -2.32. The number of fused-ring (bicyclic) bond motifs is 1. The first-order valence-corrected chi connectivity index (χ1v) is 14.1. The normalized spacial score (nSPS) is 15.2. The number of nitrogens with one attached hydrogen (secondary N) is 1. The average Bonchev–Trinajstić information content (AvgIpc) is 3.70. The van der Waals surface area contributed by atoms with E-state index in [2.05, 4.69) is 15.6 Å². The molecule has 1 aliphatic rings. The number of hydrogen-bond acceptors (Lipinski definition) is 9. The number of methoxy groups -OCH3 is 2. The second kappa shape index (κ2) is 13.4. The number of benzene rings is 3. The topological polar surface area (TPSA) is 137 Å². The van der Waals surface area contributed by atoms with Crippen LogP contribution in [0.15, 0.2) is 60.7 Å². The number of para-hydroxylation sites is 1. The van der Waals surface area contributed by atoms with E-state index in [0.717, 1.165) is 12.8 Å². The summed E-state index contributed by atoms with van der Waals surface area (Å²) in [5, 5.41) is 21.8. The lowest BCUT2D eigenvalue weighted by molar-refractivity contribution is -0.127. The van der Waals surface area contributed by atoms with Gasteiger partial charge in [0.15, 0.2) is 23.0 Å². The molecule has 43 heavy (non-hydrogen) atoms. The highest BCUT2D eigenvalue weighted by molar-refractivity contribution is 6.02. The summed E-state index contributed by atoms with van der Waals surface area (Å²) in [6.45, 7) is 2.81. The number of hydrogen-bond donors (Lipinski definition) is 2. The standard InChI is InChI=1S/C31H35N5O7/c1-4-42-27-16-20(11-13-25(27)37)30(31(39)32-18-22-8-7-15-43-22)36(21-12-14-26(40-2)28(17-21)41-3)29(38)19-35-24-10-6-5-9-23(24)33-34-35/h5-6,9-14,16-17,22,30,37H,4,7-8,15,18-19H2,1-3H3,(H,32,39)/t22-,30-/m0/s1. The summed E-state index contributed by atoms with van der Waals surface area (Å²) in [5.74, 6) is 0.0781. The zero-order valence-corrected chi connectivity index (χ0v) is 24.4. The third-order valence-corrected chi connectivity index (χ3v) is 7.25. The molecule has 0 aliphatic carbocycles. The third-order valence-electron chi connectivity index (χ3n) is 7.25. The van der Waals surface area contributed by atoms with Gasteiger partial charge in [0.05, 0.1) is 32.4 Å². The van der Waals surface area contributed by atoms with Crippen LogP contribution in [0, 0.1) is 0 Å². The van der Waals surface area contributed by atoms with E-state index in [0.29, 0.717) is 47.0 Å². The molecule has 226 valence electrons. The second-order valence-electron chi connectivity index (χ2n) is 9.98. The molecule has 0 spiro atoms. The molecule has 12 heteroatoms. The van der Waals surface area contributed by atoms with E-state index < -0.39 is 17.9 Å². The Morgan fingerprint density at radius 1 is 1.09 bits per heavy atom. The van der Waals surface area contributed by atoms with E-state index in [4.69, 9.17) is 18.9 Å². The Bertz CT molecular complexity index is 1580. The molecule has 2 atom stereocenters. The Kier molecular flexibility index (Phi) is 9.26. The number of ether oxygens (including phenoxy) is 4. The van der Waals surface area contributed by atoms with E-state index in [1.807, 2.05) is 24.3 Å². The van der Waals surface area contributed by atoms with Gasteiger partial charge in [-0.05, 0) is 61.7 Å². The summed E-state index contributed by atoms with van der Waals surface area (Å²) in [4.78, 5) is 29.9. The number of carbonyl (C=O) groups is 2. The molecule has 12 nitrogen and oxygen atoms in total. The third kappa shape index (κ3) is 6.49. The second-order valence-corrected chi connectivity index (χ2v) is 9.98. The van der Waals surface area contributed by atoms with Gasteiger partial charge in [0.2, 0.25) is 11.8 Å². The van der Waals surface area contributed by atoms with Gasteiger partial charge in [0.1, 0.15) is 18.1 Å². The Morgan fingerprint density at radius 2 is 1.91 bits per heavy atom. The molecule has 1 aromatic heterocycles. The van der Waals surface area contributed by atoms with Crippen molar-refractivity contribution in [3.05, 3.63) is 66.2 Å². The molecule has 0 saturated carbocycles. The Morgan fingerprint density at radius 3 is 2.65 bits per heavy atom. The van der Waals surface area contributed by atoms with Crippen LogP contribution in [0.3, 0.4) is 0 Å². The number of aromatic nitrogens is 3. The van der Waals surface area contributed by atoms with Crippen LogP contribution in [0.25, 0.3) is 11.0 Å². The van der Waals surface area contributed by atoms with Gasteiger partial charge in [0, 0.05) is 24.9 Å². The van der Waals surface area contributed by atoms with Crippen molar-refractivity contribution in [3.63, 3.8) is 0 Å². The van der Waals surface area contributed by atoms with Crippen molar-refractivity contribution in [2.45, 2.75) is 38.5 Å². The van der Waals surface area contributed by atoms with Gasteiger partial charge in [-0.25, -0.2) is 4.68 Å². The first-order chi connectivity index (χ1) is 20.9. The largest absolute Gasteiger partial charge is 0.504 e. The van der Waals surface area contributed by atoms with Gasteiger partial charge < -0.3 is 29.4 Å². The Labute approximate surface area is 249 Å². The van der Waals surface area contributed by atoms with Crippen molar-refractivity contribution in [1.82, 2.24) is 20.3 Å². The van der Waals surface area contributed by atoms with Crippen molar-refractivity contribution in [2.24, 2.45) is 0 Å². The van der Waals surface area contributed by atoms with E-state index in [-0.39, 0.29) is 30.7 Å². The summed E-state index contributed by atoms with van der Waals surface area (Å²) in [5.41, 5.74) is 2.12. The summed E-state index contributed by atoms with van der Waals surface area (Å²) in [7, 11) is 3.01. The molecule has 1 saturated heterocycles. The minimum Gasteiger partial charge on any atom is -0.504 e. The van der Waals surface area contributed by atoms with Crippen LogP contribution in [-0.2, 0) is 20.9 Å². The summed E-state index contributed by atoms with van der Waals surface area (Å²) >= 11 is 0. The summed E-state index contributed by atoms with van der Waals surface area (Å²) < 4.78 is 23.8. The fourth-order valence-electron chi connectivity index (χ4n) is 5.16. The van der Waals surface area contributed by atoms with Crippen molar-refractivity contribution in [2.75, 3.05) is 38.9 Å². The van der Waals surface area contributed by atoms with E-state index in [9.17, 15) is 14.7 Å². The number of anilines is 1. The molecular weight excluding hydrogens is 554 g/mol. The van der Waals surface area contributed by atoms with Crippen LogP contribution in [0.1, 0.15) is 31.4 Å². The summed E-state index contributed by atoms with van der Waals surface area (Å²) in [6.07, 6.45) is 1.63. The van der Waals surface area contributed by atoms with Crippen molar-refractivity contribution in [1.29, 1.82) is 0 Å². The lowest BCUT2D eigenvalue weighted by atomic mass is 10.0. The van der Waals surface area contributed by atoms with E-state index >= 15 is 0 Å². The van der Waals surface area contributed by atoms with Gasteiger partial charge in [0.25, 0.3) is 0 Å². The molecule has 2 amide bonds. The Balaban J connectivity index is 1.61. The number of amides is 2. The quantitative estimate of drug-likeness (QED) is 0.254. The minimum absolute atomic E-state index is 0.0813. The van der Waals surface area contributed by atoms with Crippen LogP contribution in [0.4, 0.5) is 5.69 Å². The molecule has 1 fully saturated rings. The highest BCUT2D eigenvalue weighted by Gasteiger charge is 2.35. The van der Waals surface area contributed by atoms with E-state index in [1.54, 1.807) is 37.3 Å². The zero-order chi connectivity index (χ0) is 30.3. The molecule has 2 heterocycles. The molecule has 1 aliphatic heterocycles. The highest BCUT2D eigenvalue weighted by Crippen LogP contribution is 2.38. The lowest BCUT2D eigenvalue weighted by Crippen LogP contribution is -2.46. The maximum absolute atomic E-state index is 14.3. The average molecular weight is 590 g/mol. The first-order valence-electron chi connectivity index (χ1n) is 14.1. The fraction of sp³-hybridized carbons (Fsp3) is 0.355. The Hall–Kier alpha value is -4.84. The predicted octanol–water partition coefficient (Wildman–Crippen LogP) is 3.62. The van der Waals surface area contributed by atoms with Crippen LogP contribution in [0.2, 0.25) is 0 Å². The van der Waals surface area contributed by atoms with Crippen LogP contribution >= 0.6 is 0 Å². The monoisotopic (exact) mass is 589 g/mol. The molecule has 3 aromatic carbocycles. The zero-order valence-electron chi connectivity index (χ0n) is 24.4.